The second kappa shape index (κ2) is 8.29. The third-order valence-electron chi connectivity index (χ3n) is 8.82. The van der Waals surface area contributed by atoms with E-state index in [9.17, 15) is 0 Å². The van der Waals surface area contributed by atoms with E-state index in [-0.39, 0.29) is 0 Å². The molecule has 158 valence electrons. The molecule has 5 aliphatic carbocycles. The van der Waals surface area contributed by atoms with E-state index in [4.69, 9.17) is 11.6 Å². The second-order valence-electron chi connectivity index (χ2n) is 10.6. The minimum absolute atomic E-state index is 0.698. The molecule has 5 aliphatic rings. The third-order valence-corrected chi connectivity index (χ3v) is 9.15. The lowest BCUT2D eigenvalue weighted by molar-refractivity contribution is -0.00275. The normalized spacial score (nSPS) is 33.8. The van der Waals surface area contributed by atoms with Gasteiger partial charge in [0.25, 0.3) is 0 Å². The summed E-state index contributed by atoms with van der Waals surface area (Å²) in [6.45, 7) is 7.83. The Morgan fingerprint density at radius 1 is 1.00 bits per heavy atom. The Bertz CT molecular complexity index is 719. The molecule has 0 aromatic heterocycles. The maximum absolute atomic E-state index is 6.92. The zero-order valence-corrected chi connectivity index (χ0v) is 19.0. The molecule has 0 atom stereocenters. The van der Waals surface area contributed by atoms with Crippen LogP contribution in [-0.4, -0.2) is 17.5 Å². The Kier molecular flexibility index (Phi) is 5.71. The van der Waals surface area contributed by atoms with Gasteiger partial charge < -0.3 is 4.90 Å². The lowest BCUT2D eigenvalue weighted by Crippen LogP contribution is -2.43. The average Bonchev–Trinajstić information content (AvgIpc) is 2.70. The summed E-state index contributed by atoms with van der Waals surface area (Å²) in [6.07, 6.45) is 15.1. The highest BCUT2D eigenvalue weighted by Crippen LogP contribution is 2.60. The monoisotopic (exact) mass is 411 g/mol. The third kappa shape index (κ3) is 3.89. The van der Waals surface area contributed by atoms with Gasteiger partial charge in [0, 0.05) is 29.7 Å². The van der Waals surface area contributed by atoms with Crippen LogP contribution in [0.15, 0.2) is 30.5 Å². The number of halogens is 1. The van der Waals surface area contributed by atoms with Crippen LogP contribution in [0.4, 0.5) is 0 Å². The van der Waals surface area contributed by atoms with E-state index in [2.05, 4.69) is 36.6 Å². The summed E-state index contributed by atoms with van der Waals surface area (Å²) in [5.74, 6) is 4.56. The summed E-state index contributed by atoms with van der Waals surface area (Å²) < 4.78 is 0. The van der Waals surface area contributed by atoms with Gasteiger partial charge in [-0.15, -0.1) is 0 Å². The van der Waals surface area contributed by atoms with Crippen molar-refractivity contribution in [2.75, 3.05) is 6.54 Å². The summed E-state index contributed by atoms with van der Waals surface area (Å²) in [4.78, 5) is 2.57. The van der Waals surface area contributed by atoms with Crippen LogP contribution in [0.3, 0.4) is 0 Å². The first-order chi connectivity index (χ1) is 14.1. The van der Waals surface area contributed by atoms with Gasteiger partial charge in [0.2, 0.25) is 0 Å². The Hall–Kier alpha value is -0.950. The van der Waals surface area contributed by atoms with Gasteiger partial charge in [0.15, 0.2) is 0 Å². The van der Waals surface area contributed by atoms with Crippen molar-refractivity contribution in [3.05, 3.63) is 46.6 Å². The molecule has 1 aromatic carbocycles. The quantitative estimate of drug-likeness (QED) is 0.466. The first-order valence-electron chi connectivity index (χ1n) is 12.3. The molecular weight excluding hydrogens is 374 g/mol. The van der Waals surface area contributed by atoms with Gasteiger partial charge >= 0.3 is 0 Å². The fourth-order valence-electron chi connectivity index (χ4n) is 7.85. The van der Waals surface area contributed by atoms with Crippen LogP contribution < -0.4 is 0 Å². The van der Waals surface area contributed by atoms with E-state index in [0.29, 0.717) is 6.04 Å². The van der Waals surface area contributed by atoms with E-state index >= 15 is 0 Å². The molecule has 0 saturated heterocycles. The zero-order chi connectivity index (χ0) is 20.0. The van der Waals surface area contributed by atoms with Crippen molar-refractivity contribution in [1.82, 2.24) is 4.90 Å². The predicted octanol–water partition coefficient (Wildman–Crippen LogP) is 7.59. The minimum Gasteiger partial charge on any atom is -0.372 e. The predicted molar refractivity (Wildman–Crippen MR) is 123 cm³/mol. The van der Waals surface area contributed by atoms with Crippen LogP contribution in [0.2, 0.25) is 5.02 Å². The lowest BCUT2D eigenvalue weighted by atomic mass is 9.51. The standard InChI is InChI=1S/C27H38ClN/c1-3-29(24-7-5-4-6-8-24)18(2)11-19-9-10-25(26(28)17-19)27-22-13-20-12-21(15-22)16-23(27)14-20/h9-10,17,20-24,27H,2-8,11-16H2,1H3. The SMILES string of the molecule is C=C(Cc1ccc(C2C3CC4CC(C3)CC2C4)c(Cl)c1)N(CC)C1CCCCC1. The molecule has 0 spiro atoms. The van der Waals surface area contributed by atoms with E-state index in [1.807, 2.05) is 0 Å². The second-order valence-corrected chi connectivity index (χ2v) is 11.0. The Labute approximate surface area is 182 Å². The van der Waals surface area contributed by atoms with Crippen LogP contribution in [0.25, 0.3) is 0 Å². The van der Waals surface area contributed by atoms with Crippen molar-refractivity contribution in [2.24, 2.45) is 23.7 Å². The van der Waals surface area contributed by atoms with Crippen LogP contribution in [0.1, 0.15) is 88.2 Å². The molecule has 1 aromatic rings. The molecule has 0 N–H and O–H groups in total. The summed E-state index contributed by atoms with van der Waals surface area (Å²) in [5, 5.41) is 1.02. The summed E-state index contributed by atoms with van der Waals surface area (Å²) in [5.41, 5.74) is 4.06. The highest BCUT2D eigenvalue weighted by atomic mass is 35.5. The first-order valence-corrected chi connectivity index (χ1v) is 12.7. The molecular formula is C27H38ClN. The highest BCUT2D eigenvalue weighted by Gasteiger charge is 2.48. The Morgan fingerprint density at radius 2 is 1.66 bits per heavy atom. The zero-order valence-electron chi connectivity index (χ0n) is 18.2. The van der Waals surface area contributed by atoms with E-state index < -0.39 is 0 Å². The summed E-state index contributed by atoms with van der Waals surface area (Å²) in [6, 6.07) is 7.70. The summed E-state index contributed by atoms with van der Waals surface area (Å²) >= 11 is 6.92. The maximum atomic E-state index is 6.92. The van der Waals surface area contributed by atoms with Crippen LogP contribution in [0, 0.1) is 23.7 Å². The van der Waals surface area contributed by atoms with Crippen molar-refractivity contribution in [3.63, 3.8) is 0 Å². The molecule has 0 radical (unpaired) electrons. The van der Waals surface area contributed by atoms with Crippen molar-refractivity contribution in [3.8, 4) is 0 Å². The van der Waals surface area contributed by atoms with E-state index in [0.717, 1.165) is 47.6 Å². The molecule has 5 fully saturated rings. The van der Waals surface area contributed by atoms with Gasteiger partial charge in [-0.2, -0.15) is 0 Å². The number of benzene rings is 1. The van der Waals surface area contributed by atoms with Crippen molar-refractivity contribution in [1.29, 1.82) is 0 Å². The fourth-order valence-corrected chi connectivity index (χ4v) is 8.18. The number of allylic oxidation sites excluding steroid dienone is 1. The molecule has 0 amide bonds. The van der Waals surface area contributed by atoms with E-state index in [1.165, 1.54) is 81.0 Å². The summed E-state index contributed by atoms with van der Waals surface area (Å²) in [7, 11) is 0. The molecule has 0 heterocycles. The van der Waals surface area contributed by atoms with Crippen LogP contribution in [0.5, 0.6) is 0 Å². The van der Waals surface area contributed by atoms with E-state index in [1.54, 1.807) is 0 Å². The fraction of sp³-hybridized carbons (Fsp3) is 0.704. The minimum atomic E-state index is 0.698. The molecule has 5 saturated carbocycles. The van der Waals surface area contributed by atoms with Crippen LogP contribution in [-0.2, 0) is 6.42 Å². The smallest absolute Gasteiger partial charge is 0.0443 e. The van der Waals surface area contributed by atoms with Gasteiger partial charge in [-0.1, -0.05) is 49.6 Å². The number of likely N-dealkylation sites (N-methyl/N-ethyl adjacent to an activating group) is 1. The number of hydrogen-bond acceptors (Lipinski definition) is 1. The topological polar surface area (TPSA) is 3.24 Å². The Balaban J connectivity index is 1.29. The maximum Gasteiger partial charge on any atom is 0.0443 e. The largest absolute Gasteiger partial charge is 0.372 e. The first kappa shape index (κ1) is 20.0. The average molecular weight is 412 g/mol. The lowest BCUT2D eigenvalue weighted by Gasteiger charge is -2.54. The molecule has 6 rings (SSSR count). The number of nitrogens with zero attached hydrogens (tertiary/aromatic N) is 1. The molecule has 29 heavy (non-hydrogen) atoms. The highest BCUT2D eigenvalue weighted by molar-refractivity contribution is 6.31. The number of hydrogen-bond donors (Lipinski definition) is 0. The molecule has 0 aliphatic heterocycles. The van der Waals surface area contributed by atoms with Crippen molar-refractivity contribution < 1.29 is 0 Å². The van der Waals surface area contributed by atoms with Crippen molar-refractivity contribution >= 4 is 11.6 Å². The van der Waals surface area contributed by atoms with Gasteiger partial charge in [-0.05, 0) is 98.7 Å². The molecule has 1 nitrogen and oxygen atoms in total. The van der Waals surface area contributed by atoms with Gasteiger partial charge in [-0.25, -0.2) is 0 Å². The molecule has 4 bridgehead atoms. The molecule has 2 heteroatoms. The van der Waals surface area contributed by atoms with Crippen molar-refractivity contribution in [2.45, 2.75) is 89.5 Å². The molecule has 0 unspecified atom stereocenters. The van der Waals surface area contributed by atoms with Gasteiger partial charge in [0.05, 0.1) is 0 Å². The number of rotatable bonds is 6. The van der Waals surface area contributed by atoms with Gasteiger partial charge in [-0.3, -0.25) is 0 Å². The van der Waals surface area contributed by atoms with Crippen LogP contribution >= 0.6 is 11.6 Å². The van der Waals surface area contributed by atoms with Gasteiger partial charge in [0.1, 0.15) is 0 Å². The Morgan fingerprint density at radius 3 is 2.24 bits per heavy atom.